The summed E-state index contributed by atoms with van der Waals surface area (Å²) in [6.07, 6.45) is 3.72. The molecule has 1 aliphatic rings. The topological polar surface area (TPSA) is 85.1 Å². The third-order valence-electron chi connectivity index (χ3n) is 5.50. The van der Waals surface area contributed by atoms with E-state index in [-0.39, 0.29) is 24.3 Å². The molecule has 0 unspecified atom stereocenters. The highest BCUT2D eigenvalue weighted by Crippen LogP contribution is 2.37. The van der Waals surface area contributed by atoms with Crippen molar-refractivity contribution >= 4 is 22.7 Å². The molecule has 1 fully saturated rings. The fraction of sp³-hybridized carbons (Fsp3) is 0.400. The van der Waals surface area contributed by atoms with Crippen LogP contribution in [0.15, 0.2) is 36.7 Å². The molecular formula is C20H24N6O2. The third-order valence-corrected chi connectivity index (χ3v) is 5.50. The molecule has 2 atom stereocenters. The first-order valence-corrected chi connectivity index (χ1v) is 9.46. The maximum atomic E-state index is 13.0. The van der Waals surface area contributed by atoms with E-state index in [4.69, 9.17) is 0 Å². The van der Waals surface area contributed by atoms with Gasteiger partial charge in [0.25, 0.3) is 0 Å². The number of hydrogen-bond donors (Lipinski definition) is 1. The van der Waals surface area contributed by atoms with Gasteiger partial charge in [0.05, 0.1) is 23.7 Å². The normalized spacial score (nSPS) is 19.5. The van der Waals surface area contributed by atoms with Crippen LogP contribution in [0.2, 0.25) is 0 Å². The molecule has 8 nitrogen and oxygen atoms in total. The van der Waals surface area contributed by atoms with Crippen molar-refractivity contribution < 1.29 is 9.59 Å². The van der Waals surface area contributed by atoms with Crippen LogP contribution >= 0.6 is 0 Å². The number of fused-ring (bicyclic) bond motifs is 1. The zero-order valence-electron chi connectivity index (χ0n) is 16.3. The van der Waals surface area contributed by atoms with E-state index in [1.54, 1.807) is 11.1 Å². The second kappa shape index (κ2) is 7.10. The number of nitrogens with zero attached hydrogens (tertiary/aromatic N) is 5. The van der Waals surface area contributed by atoms with Gasteiger partial charge < -0.3 is 14.8 Å². The number of likely N-dealkylation sites (tertiary alicyclic amines) is 1. The molecule has 0 aliphatic carbocycles. The molecule has 146 valence electrons. The van der Waals surface area contributed by atoms with Crippen molar-refractivity contribution in [3.05, 3.63) is 48.2 Å². The summed E-state index contributed by atoms with van der Waals surface area (Å²) in [5.41, 5.74) is 1.84. The van der Waals surface area contributed by atoms with E-state index in [1.165, 1.54) is 0 Å². The molecule has 4 rings (SSSR count). The highest BCUT2D eigenvalue weighted by molar-refractivity contribution is 5.90. The standard InChI is InChI=1S/C20H24N6O2/c1-4-26-17(27)11-14(18(26)19-21-9-10-24(19)2)20(28)22-12-15-13-7-5-6-8-16(13)25(3)23-15/h5-10,14,18H,4,11-12H2,1-3H3,(H,22,28)/t14-,18-/m0/s1. The van der Waals surface area contributed by atoms with Crippen LogP contribution in [0.1, 0.15) is 30.9 Å². The van der Waals surface area contributed by atoms with Crippen LogP contribution in [0.3, 0.4) is 0 Å². The van der Waals surface area contributed by atoms with E-state index in [0.29, 0.717) is 13.1 Å². The predicted molar refractivity (Wildman–Crippen MR) is 104 cm³/mol. The molecule has 8 heteroatoms. The predicted octanol–water partition coefficient (Wildman–Crippen LogP) is 1.53. The van der Waals surface area contributed by atoms with Crippen LogP contribution in [0, 0.1) is 5.92 Å². The lowest BCUT2D eigenvalue weighted by Crippen LogP contribution is -2.36. The number of carbonyl (C=O) groups excluding carboxylic acids is 2. The smallest absolute Gasteiger partial charge is 0.226 e. The molecule has 3 heterocycles. The van der Waals surface area contributed by atoms with E-state index in [1.807, 2.05) is 60.7 Å². The number of amides is 2. The summed E-state index contributed by atoms with van der Waals surface area (Å²) in [5, 5.41) is 8.54. The van der Waals surface area contributed by atoms with Gasteiger partial charge >= 0.3 is 0 Å². The highest BCUT2D eigenvalue weighted by Gasteiger charge is 2.45. The minimum Gasteiger partial charge on any atom is -0.350 e. The summed E-state index contributed by atoms with van der Waals surface area (Å²) in [6.45, 7) is 2.80. The molecule has 1 aromatic carbocycles. The summed E-state index contributed by atoms with van der Waals surface area (Å²) in [6, 6.07) is 7.57. The Morgan fingerprint density at radius 3 is 2.79 bits per heavy atom. The van der Waals surface area contributed by atoms with Gasteiger partial charge in [-0.25, -0.2) is 4.98 Å². The molecule has 1 saturated heterocycles. The third kappa shape index (κ3) is 2.94. The van der Waals surface area contributed by atoms with E-state index in [9.17, 15) is 9.59 Å². The summed E-state index contributed by atoms with van der Waals surface area (Å²) in [7, 11) is 3.77. The SMILES string of the molecule is CCN1C(=O)C[C@H](C(=O)NCc2nn(C)c3ccccc23)[C@H]1c1nccn1C. The monoisotopic (exact) mass is 380 g/mol. The number of rotatable bonds is 5. The lowest BCUT2D eigenvalue weighted by atomic mass is 9.98. The van der Waals surface area contributed by atoms with Gasteiger partial charge in [-0.05, 0) is 13.0 Å². The number of para-hydroxylation sites is 1. The number of benzene rings is 1. The van der Waals surface area contributed by atoms with Gasteiger partial charge in [-0.2, -0.15) is 5.10 Å². The second-order valence-electron chi connectivity index (χ2n) is 7.14. The van der Waals surface area contributed by atoms with Crippen molar-refractivity contribution in [3.8, 4) is 0 Å². The minimum absolute atomic E-state index is 0.0149. The lowest BCUT2D eigenvalue weighted by molar-refractivity contribution is -0.129. The number of aryl methyl sites for hydroxylation is 2. The van der Waals surface area contributed by atoms with Crippen LogP contribution in [0.5, 0.6) is 0 Å². The molecule has 3 aromatic rings. The Morgan fingerprint density at radius 2 is 2.07 bits per heavy atom. The first kappa shape index (κ1) is 18.2. The molecule has 0 spiro atoms. The number of aromatic nitrogens is 4. The van der Waals surface area contributed by atoms with Crippen LogP contribution in [0.25, 0.3) is 10.9 Å². The van der Waals surface area contributed by atoms with Crippen molar-refractivity contribution in [2.75, 3.05) is 6.54 Å². The molecule has 2 amide bonds. The molecule has 1 aliphatic heterocycles. The molecule has 0 bridgehead atoms. The van der Waals surface area contributed by atoms with Gasteiger partial charge in [-0.1, -0.05) is 18.2 Å². The Kier molecular flexibility index (Phi) is 4.62. The summed E-state index contributed by atoms with van der Waals surface area (Å²) in [4.78, 5) is 31.6. The van der Waals surface area contributed by atoms with E-state index < -0.39 is 5.92 Å². The van der Waals surface area contributed by atoms with Crippen LogP contribution in [-0.4, -0.2) is 42.6 Å². The van der Waals surface area contributed by atoms with Crippen molar-refractivity contribution in [3.63, 3.8) is 0 Å². The first-order chi connectivity index (χ1) is 13.5. The molecular weight excluding hydrogens is 356 g/mol. The first-order valence-electron chi connectivity index (χ1n) is 9.46. The number of carbonyl (C=O) groups is 2. The number of hydrogen-bond acceptors (Lipinski definition) is 4. The molecule has 2 aromatic heterocycles. The molecule has 1 N–H and O–H groups in total. The van der Waals surface area contributed by atoms with E-state index in [2.05, 4.69) is 15.4 Å². The Labute approximate surface area is 163 Å². The lowest BCUT2D eigenvalue weighted by Gasteiger charge is -2.26. The summed E-state index contributed by atoms with van der Waals surface area (Å²) < 4.78 is 3.68. The second-order valence-corrected chi connectivity index (χ2v) is 7.14. The van der Waals surface area contributed by atoms with E-state index >= 15 is 0 Å². The fourth-order valence-corrected chi connectivity index (χ4v) is 4.10. The van der Waals surface area contributed by atoms with Gasteiger partial charge in [0, 0.05) is 44.8 Å². The van der Waals surface area contributed by atoms with Crippen molar-refractivity contribution in [1.82, 2.24) is 29.5 Å². The minimum atomic E-state index is -0.469. The van der Waals surface area contributed by atoms with Crippen molar-refractivity contribution in [2.45, 2.75) is 25.9 Å². The molecule has 28 heavy (non-hydrogen) atoms. The fourth-order valence-electron chi connectivity index (χ4n) is 4.10. The molecule has 0 radical (unpaired) electrons. The van der Waals surface area contributed by atoms with E-state index in [0.717, 1.165) is 22.4 Å². The average Bonchev–Trinajstić information content (AvgIpc) is 3.35. The Balaban J connectivity index is 1.56. The zero-order valence-corrected chi connectivity index (χ0v) is 16.3. The Bertz CT molecular complexity index is 1040. The maximum Gasteiger partial charge on any atom is 0.226 e. The van der Waals surface area contributed by atoms with Crippen LogP contribution in [-0.2, 0) is 30.2 Å². The Hall–Kier alpha value is -3.16. The quantitative estimate of drug-likeness (QED) is 0.727. The van der Waals surface area contributed by atoms with Gasteiger partial charge in [0.1, 0.15) is 11.9 Å². The Morgan fingerprint density at radius 1 is 1.29 bits per heavy atom. The van der Waals surface area contributed by atoms with Crippen LogP contribution in [0.4, 0.5) is 0 Å². The highest BCUT2D eigenvalue weighted by atomic mass is 16.2. The van der Waals surface area contributed by atoms with Gasteiger partial charge in [0.15, 0.2) is 0 Å². The van der Waals surface area contributed by atoms with Gasteiger partial charge in [-0.3, -0.25) is 14.3 Å². The number of imidazole rings is 1. The van der Waals surface area contributed by atoms with Crippen molar-refractivity contribution in [1.29, 1.82) is 0 Å². The zero-order chi connectivity index (χ0) is 19.8. The van der Waals surface area contributed by atoms with Gasteiger partial charge in [-0.15, -0.1) is 0 Å². The van der Waals surface area contributed by atoms with Crippen LogP contribution < -0.4 is 5.32 Å². The average molecular weight is 380 g/mol. The van der Waals surface area contributed by atoms with Crippen molar-refractivity contribution in [2.24, 2.45) is 20.0 Å². The number of nitrogens with one attached hydrogen (secondary N) is 1. The summed E-state index contributed by atoms with van der Waals surface area (Å²) >= 11 is 0. The van der Waals surface area contributed by atoms with Gasteiger partial charge in [0.2, 0.25) is 11.8 Å². The summed E-state index contributed by atoms with van der Waals surface area (Å²) in [5.74, 6) is 0.102. The largest absolute Gasteiger partial charge is 0.350 e. The molecule has 0 saturated carbocycles. The maximum absolute atomic E-state index is 13.0.